The molecule has 2 rings (SSSR count). The molecule has 24 heavy (non-hydrogen) atoms. The van der Waals surface area contributed by atoms with E-state index >= 15 is 0 Å². The smallest absolute Gasteiger partial charge is 0.391 e. The molecule has 2 N–H and O–H groups in total. The number of aromatic nitrogens is 1. The maximum absolute atomic E-state index is 12.3. The van der Waals surface area contributed by atoms with Crippen molar-refractivity contribution in [3.8, 4) is 0 Å². The molecule has 0 saturated carbocycles. The van der Waals surface area contributed by atoms with Crippen LogP contribution < -0.4 is 5.32 Å². The zero-order chi connectivity index (χ0) is 17.9. The third kappa shape index (κ3) is 4.50. The van der Waals surface area contributed by atoms with E-state index in [0.29, 0.717) is 6.42 Å². The van der Waals surface area contributed by atoms with Gasteiger partial charge in [0.15, 0.2) is 0 Å². The summed E-state index contributed by atoms with van der Waals surface area (Å²) >= 11 is 0. The van der Waals surface area contributed by atoms with Crippen LogP contribution in [0.1, 0.15) is 18.4 Å². The number of carbonyl (C=O) groups excluding carboxylic acids is 1. The molecule has 2 aromatic rings. The minimum Gasteiger partial charge on any atom is -0.480 e. The molecule has 1 amide bonds. The van der Waals surface area contributed by atoms with Crippen LogP contribution in [0.15, 0.2) is 30.5 Å². The molecular formula is C16H17F3N2O3. The van der Waals surface area contributed by atoms with Gasteiger partial charge < -0.3 is 15.0 Å². The monoisotopic (exact) mass is 342 g/mol. The summed E-state index contributed by atoms with van der Waals surface area (Å²) in [5.74, 6) is -2.43. The third-order valence-electron chi connectivity index (χ3n) is 3.67. The summed E-state index contributed by atoms with van der Waals surface area (Å²) in [6.45, 7) is 0. The molecule has 0 saturated heterocycles. The maximum Gasteiger partial charge on any atom is 0.391 e. The number of amides is 1. The first-order valence-corrected chi connectivity index (χ1v) is 7.29. The molecule has 1 atom stereocenters. The van der Waals surface area contributed by atoms with Crippen LogP contribution >= 0.6 is 0 Å². The minimum atomic E-state index is -4.66. The standard InChI is InChI=1S/C16H17F3N2O3/c1-21-9-10(11-4-2-3-5-13(11)21)6-7-14(22)20-12(15(23)24)8-16(17,18)19/h2-5,9,12H,6-8H2,1H3,(H,20,22)(H,23,24). The summed E-state index contributed by atoms with van der Waals surface area (Å²) in [4.78, 5) is 22.7. The number of hydrogen-bond acceptors (Lipinski definition) is 2. The second-order valence-corrected chi connectivity index (χ2v) is 5.56. The number of halogens is 3. The average molecular weight is 342 g/mol. The van der Waals surface area contributed by atoms with Crippen molar-refractivity contribution in [2.75, 3.05) is 0 Å². The first-order valence-electron chi connectivity index (χ1n) is 7.29. The van der Waals surface area contributed by atoms with Gasteiger partial charge in [-0.15, -0.1) is 0 Å². The number of nitrogens with zero attached hydrogens (tertiary/aromatic N) is 1. The van der Waals surface area contributed by atoms with Crippen LogP contribution in [-0.4, -0.2) is 33.8 Å². The molecule has 5 nitrogen and oxygen atoms in total. The van der Waals surface area contributed by atoms with E-state index < -0.39 is 30.5 Å². The Morgan fingerprint density at radius 1 is 1.29 bits per heavy atom. The molecule has 0 spiro atoms. The fourth-order valence-corrected chi connectivity index (χ4v) is 2.57. The number of aryl methyl sites for hydroxylation is 2. The van der Waals surface area contributed by atoms with E-state index in [0.717, 1.165) is 16.5 Å². The average Bonchev–Trinajstić information content (AvgIpc) is 2.80. The van der Waals surface area contributed by atoms with Crippen LogP contribution in [0.4, 0.5) is 13.2 Å². The van der Waals surface area contributed by atoms with E-state index in [1.165, 1.54) is 0 Å². The van der Waals surface area contributed by atoms with Crippen molar-refractivity contribution in [3.63, 3.8) is 0 Å². The lowest BCUT2D eigenvalue weighted by atomic mass is 10.1. The van der Waals surface area contributed by atoms with Crippen molar-refractivity contribution in [2.45, 2.75) is 31.5 Å². The molecule has 0 fully saturated rings. The van der Waals surface area contributed by atoms with Gasteiger partial charge in [-0.25, -0.2) is 4.79 Å². The van der Waals surface area contributed by atoms with Gasteiger partial charge in [-0.05, 0) is 18.1 Å². The van der Waals surface area contributed by atoms with Crippen molar-refractivity contribution >= 4 is 22.8 Å². The number of nitrogens with one attached hydrogen (secondary N) is 1. The normalized spacial score (nSPS) is 13.0. The molecule has 1 heterocycles. The lowest BCUT2D eigenvalue weighted by Gasteiger charge is -2.16. The minimum absolute atomic E-state index is 0.0877. The molecule has 1 aromatic heterocycles. The van der Waals surface area contributed by atoms with E-state index in [1.54, 1.807) is 0 Å². The Morgan fingerprint density at radius 2 is 1.96 bits per heavy atom. The van der Waals surface area contributed by atoms with Crippen LogP contribution in [0, 0.1) is 0 Å². The summed E-state index contributed by atoms with van der Waals surface area (Å²) in [5, 5.41) is 11.7. The highest BCUT2D eigenvalue weighted by molar-refractivity contribution is 5.86. The summed E-state index contributed by atoms with van der Waals surface area (Å²) in [6, 6.07) is 5.59. The molecule has 0 radical (unpaired) electrons. The van der Waals surface area contributed by atoms with Crippen LogP contribution in [0.3, 0.4) is 0 Å². The second kappa shape index (κ2) is 6.94. The Kier molecular flexibility index (Phi) is 5.16. The Hall–Kier alpha value is -2.51. The second-order valence-electron chi connectivity index (χ2n) is 5.56. The number of fused-ring (bicyclic) bond motifs is 1. The lowest BCUT2D eigenvalue weighted by molar-refractivity contribution is -0.160. The number of aliphatic carboxylic acids is 1. The van der Waals surface area contributed by atoms with Gasteiger partial charge in [-0.2, -0.15) is 13.2 Å². The molecule has 8 heteroatoms. The van der Waals surface area contributed by atoms with Gasteiger partial charge >= 0.3 is 12.1 Å². The Morgan fingerprint density at radius 3 is 2.58 bits per heavy atom. The molecule has 0 aliphatic carbocycles. The number of alkyl halides is 3. The van der Waals surface area contributed by atoms with Crippen molar-refractivity contribution in [3.05, 3.63) is 36.0 Å². The highest BCUT2D eigenvalue weighted by Gasteiger charge is 2.36. The van der Waals surface area contributed by atoms with E-state index in [-0.39, 0.29) is 6.42 Å². The Bertz CT molecular complexity index is 753. The number of benzene rings is 1. The van der Waals surface area contributed by atoms with Crippen LogP contribution in [0.25, 0.3) is 10.9 Å². The zero-order valence-corrected chi connectivity index (χ0v) is 12.9. The topological polar surface area (TPSA) is 71.3 Å². The summed E-state index contributed by atoms with van der Waals surface area (Å²) < 4.78 is 38.9. The van der Waals surface area contributed by atoms with Crippen molar-refractivity contribution in [1.82, 2.24) is 9.88 Å². The molecule has 130 valence electrons. The van der Waals surface area contributed by atoms with Gasteiger partial charge in [0.05, 0.1) is 6.42 Å². The molecule has 1 unspecified atom stereocenters. The predicted molar refractivity (Wildman–Crippen MR) is 81.5 cm³/mol. The first-order chi connectivity index (χ1) is 11.2. The summed E-state index contributed by atoms with van der Waals surface area (Å²) in [6.07, 6.45) is -4.18. The van der Waals surface area contributed by atoms with Crippen LogP contribution in [0.5, 0.6) is 0 Å². The summed E-state index contributed by atoms with van der Waals surface area (Å²) in [7, 11) is 1.86. The van der Waals surface area contributed by atoms with Gasteiger partial charge in [-0.3, -0.25) is 4.79 Å². The van der Waals surface area contributed by atoms with E-state index in [2.05, 4.69) is 0 Å². The predicted octanol–water partition coefficient (Wildman–Crippen LogP) is 2.63. The molecular weight excluding hydrogens is 325 g/mol. The van der Waals surface area contributed by atoms with E-state index in [9.17, 15) is 22.8 Å². The van der Waals surface area contributed by atoms with Crippen LogP contribution in [-0.2, 0) is 23.1 Å². The fourth-order valence-electron chi connectivity index (χ4n) is 2.57. The van der Waals surface area contributed by atoms with Gasteiger partial charge in [0, 0.05) is 30.6 Å². The quantitative estimate of drug-likeness (QED) is 0.848. The van der Waals surface area contributed by atoms with Crippen LogP contribution in [0.2, 0.25) is 0 Å². The number of carboxylic acid groups (broad SMARTS) is 1. The fraction of sp³-hybridized carbons (Fsp3) is 0.375. The van der Waals surface area contributed by atoms with Crippen molar-refractivity contribution in [2.24, 2.45) is 7.05 Å². The highest BCUT2D eigenvalue weighted by atomic mass is 19.4. The molecule has 0 bridgehead atoms. The van der Waals surface area contributed by atoms with Crippen molar-refractivity contribution < 1.29 is 27.9 Å². The number of hydrogen-bond donors (Lipinski definition) is 2. The van der Waals surface area contributed by atoms with Gasteiger partial charge in [0.1, 0.15) is 6.04 Å². The van der Waals surface area contributed by atoms with Crippen molar-refractivity contribution in [1.29, 1.82) is 0 Å². The molecule has 0 aliphatic heterocycles. The number of rotatable bonds is 6. The van der Waals surface area contributed by atoms with E-state index in [1.807, 2.05) is 47.4 Å². The van der Waals surface area contributed by atoms with Gasteiger partial charge in [0.25, 0.3) is 0 Å². The number of carbonyl (C=O) groups is 2. The van der Waals surface area contributed by atoms with E-state index in [4.69, 9.17) is 5.11 Å². The van der Waals surface area contributed by atoms with Gasteiger partial charge in [0.2, 0.25) is 5.91 Å². The zero-order valence-electron chi connectivity index (χ0n) is 12.9. The summed E-state index contributed by atoms with van der Waals surface area (Å²) in [5.41, 5.74) is 1.86. The third-order valence-corrected chi connectivity index (χ3v) is 3.67. The Labute approximate surface area is 136 Å². The largest absolute Gasteiger partial charge is 0.480 e. The number of para-hydroxylation sites is 1. The van der Waals surface area contributed by atoms with Gasteiger partial charge in [-0.1, -0.05) is 18.2 Å². The molecule has 1 aromatic carbocycles. The Balaban J connectivity index is 2.00. The highest BCUT2D eigenvalue weighted by Crippen LogP contribution is 2.23. The first kappa shape index (κ1) is 17.8. The lowest BCUT2D eigenvalue weighted by Crippen LogP contribution is -2.43. The number of carboxylic acids is 1. The SMILES string of the molecule is Cn1cc(CCC(=O)NC(CC(F)(F)F)C(=O)O)c2ccccc21. The molecule has 0 aliphatic rings. The maximum atomic E-state index is 12.3.